The van der Waals surface area contributed by atoms with Gasteiger partial charge in [-0.2, -0.15) is 0 Å². The Morgan fingerprint density at radius 2 is 1.90 bits per heavy atom. The van der Waals surface area contributed by atoms with Gasteiger partial charge in [0.1, 0.15) is 0 Å². The molecule has 1 atom stereocenters. The molecular weight excluding hydrogens is 396 g/mol. The third-order valence-electron chi connectivity index (χ3n) is 5.96. The van der Waals surface area contributed by atoms with Gasteiger partial charge >= 0.3 is 0 Å². The molecular formula is C23H41ClN6. The Balaban J connectivity index is 1.82. The maximum atomic E-state index is 6.52. The minimum absolute atomic E-state index is 0.210. The van der Waals surface area contributed by atoms with E-state index in [1.807, 2.05) is 19.2 Å². The largest absolute Gasteiger partial charge is 0.356 e. The molecule has 0 bridgehead atoms. The molecule has 1 aliphatic heterocycles. The number of hydrogen-bond donors (Lipinski definition) is 2. The van der Waals surface area contributed by atoms with Crippen LogP contribution in [0.1, 0.15) is 38.3 Å². The summed E-state index contributed by atoms with van der Waals surface area (Å²) in [4.78, 5) is 11.9. The van der Waals surface area contributed by atoms with Gasteiger partial charge in [-0.15, -0.1) is 0 Å². The van der Waals surface area contributed by atoms with Crippen molar-refractivity contribution in [3.05, 3.63) is 34.9 Å². The molecule has 2 N–H and O–H groups in total. The van der Waals surface area contributed by atoms with Gasteiger partial charge in [-0.05, 0) is 64.2 Å². The summed E-state index contributed by atoms with van der Waals surface area (Å²) in [6.07, 6.45) is 2.39. The van der Waals surface area contributed by atoms with E-state index in [2.05, 4.69) is 63.4 Å². The van der Waals surface area contributed by atoms with Crippen LogP contribution in [0.3, 0.4) is 0 Å². The third kappa shape index (κ3) is 8.06. The summed E-state index contributed by atoms with van der Waals surface area (Å²) in [5.74, 6) is 0.856. The minimum atomic E-state index is 0.210. The van der Waals surface area contributed by atoms with Crippen molar-refractivity contribution in [1.29, 1.82) is 0 Å². The number of guanidine groups is 1. The Labute approximate surface area is 188 Å². The normalized spacial score (nSPS) is 17.7. The Morgan fingerprint density at radius 1 is 1.13 bits per heavy atom. The highest BCUT2D eigenvalue weighted by Crippen LogP contribution is 2.26. The summed E-state index contributed by atoms with van der Waals surface area (Å²) in [7, 11) is 4.05. The number of aliphatic imine (C=N–C) groups is 1. The highest BCUT2D eigenvalue weighted by molar-refractivity contribution is 6.31. The van der Waals surface area contributed by atoms with Crippen LogP contribution >= 0.6 is 11.6 Å². The van der Waals surface area contributed by atoms with Gasteiger partial charge in [0.25, 0.3) is 0 Å². The van der Waals surface area contributed by atoms with Crippen LogP contribution in [-0.4, -0.2) is 93.7 Å². The maximum Gasteiger partial charge on any atom is 0.191 e. The molecule has 1 saturated heterocycles. The molecule has 0 radical (unpaired) electrons. The van der Waals surface area contributed by atoms with Crippen LogP contribution < -0.4 is 10.6 Å². The quantitative estimate of drug-likeness (QED) is 0.335. The first-order valence-corrected chi connectivity index (χ1v) is 11.8. The molecule has 1 heterocycles. The van der Waals surface area contributed by atoms with Gasteiger partial charge in [-0.25, -0.2) is 0 Å². The van der Waals surface area contributed by atoms with Gasteiger partial charge in [0.2, 0.25) is 0 Å². The fourth-order valence-electron chi connectivity index (χ4n) is 4.09. The van der Waals surface area contributed by atoms with Crippen LogP contribution in [0, 0.1) is 0 Å². The molecule has 0 aliphatic carbocycles. The van der Waals surface area contributed by atoms with Crippen molar-refractivity contribution < 1.29 is 0 Å². The van der Waals surface area contributed by atoms with Crippen molar-refractivity contribution in [1.82, 2.24) is 25.3 Å². The lowest BCUT2D eigenvalue weighted by Crippen LogP contribution is -2.44. The number of nitrogens with zero attached hydrogens (tertiary/aromatic N) is 4. The number of halogens is 1. The molecule has 0 aromatic heterocycles. The van der Waals surface area contributed by atoms with Gasteiger partial charge in [0.05, 0.1) is 6.04 Å². The van der Waals surface area contributed by atoms with Crippen LogP contribution in [0.2, 0.25) is 5.02 Å². The molecule has 1 aromatic rings. The molecule has 170 valence electrons. The van der Waals surface area contributed by atoms with Crippen molar-refractivity contribution in [3.63, 3.8) is 0 Å². The minimum Gasteiger partial charge on any atom is -0.356 e. The van der Waals surface area contributed by atoms with Crippen LogP contribution in [-0.2, 0) is 0 Å². The lowest BCUT2D eigenvalue weighted by Gasteiger charge is -2.31. The first-order valence-electron chi connectivity index (χ1n) is 11.4. The molecule has 1 fully saturated rings. The number of rotatable bonds is 10. The summed E-state index contributed by atoms with van der Waals surface area (Å²) in [5, 5.41) is 7.82. The summed E-state index contributed by atoms with van der Waals surface area (Å²) in [6, 6.07) is 8.36. The summed E-state index contributed by atoms with van der Waals surface area (Å²) in [5.41, 5.74) is 1.16. The van der Waals surface area contributed by atoms with Crippen LogP contribution in [0.15, 0.2) is 29.3 Å². The van der Waals surface area contributed by atoms with Crippen molar-refractivity contribution >= 4 is 17.6 Å². The molecule has 1 unspecified atom stereocenters. The van der Waals surface area contributed by atoms with E-state index in [1.165, 1.54) is 32.6 Å². The first-order chi connectivity index (χ1) is 14.6. The zero-order chi connectivity index (χ0) is 21.8. The molecule has 7 heteroatoms. The van der Waals surface area contributed by atoms with Crippen molar-refractivity contribution in [3.8, 4) is 0 Å². The predicted molar refractivity (Wildman–Crippen MR) is 130 cm³/mol. The van der Waals surface area contributed by atoms with Gasteiger partial charge in [0.15, 0.2) is 5.96 Å². The SMILES string of the molecule is CCN(CC)C(CNC(=NC)NCCCN1CCCN(C)CC1)c1ccccc1Cl. The third-order valence-corrected chi connectivity index (χ3v) is 6.30. The Kier molecular flexibility index (Phi) is 11.5. The fraction of sp³-hybridized carbons (Fsp3) is 0.696. The van der Waals surface area contributed by atoms with E-state index in [0.717, 1.165) is 55.7 Å². The molecule has 1 aliphatic rings. The van der Waals surface area contributed by atoms with E-state index in [1.54, 1.807) is 0 Å². The zero-order valence-electron chi connectivity index (χ0n) is 19.3. The lowest BCUT2D eigenvalue weighted by atomic mass is 10.0. The van der Waals surface area contributed by atoms with E-state index in [9.17, 15) is 0 Å². The van der Waals surface area contributed by atoms with Gasteiger partial charge in [-0.3, -0.25) is 9.89 Å². The van der Waals surface area contributed by atoms with Crippen molar-refractivity contribution in [2.75, 3.05) is 73.0 Å². The van der Waals surface area contributed by atoms with Gasteiger partial charge in [0, 0.05) is 38.2 Å². The number of benzene rings is 1. The van der Waals surface area contributed by atoms with Crippen molar-refractivity contribution in [2.24, 2.45) is 4.99 Å². The van der Waals surface area contributed by atoms with E-state index in [-0.39, 0.29) is 6.04 Å². The summed E-state index contributed by atoms with van der Waals surface area (Å²) >= 11 is 6.52. The van der Waals surface area contributed by atoms with Gasteiger partial charge < -0.3 is 20.4 Å². The number of hydrogen-bond acceptors (Lipinski definition) is 4. The Bertz CT molecular complexity index is 634. The van der Waals surface area contributed by atoms with E-state index >= 15 is 0 Å². The van der Waals surface area contributed by atoms with E-state index in [4.69, 9.17) is 11.6 Å². The second-order valence-electron chi connectivity index (χ2n) is 7.99. The molecule has 2 rings (SSSR count). The number of nitrogens with one attached hydrogen (secondary N) is 2. The van der Waals surface area contributed by atoms with Crippen LogP contribution in [0.25, 0.3) is 0 Å². The topological polar surface area (TPSA) is 46.1 Å². The highest BCUT2D eigenvalue weighted by atomic mass is 35.5. The van der Waals surface area contributed by atoms with Gasteiger partial charge in [-0.1, -0.05) is 43.6 Å². The van der Waals surface area contributed by atoms with E-state index < -0.39 is 0 Å². The predicted octanol–water partition coefficient (Wildman–Crippen LogP) is 2.92. The maximum absolute atomic E-state index is 6.52. The standard InChI is InChI=1S/C23H41ClN6/c1-5-30(6-2)22(20-11-7-8-12-21(20)24)19-27-23(25-3)26-13-9-15-29-16-10-14-28(4)17-18-29/h7-8,11-12,22H,5-6,9-10,13-19H2,1-4H3,(H2,25,26,27). The Hall–Kier alpha value is -1.34. The average molecular weight is 437 g/mol. The second kappa shape index (κ2) is 13.9. The fourth-order valence-corrected chi connectivity index (χ4v) is 4.35. The lowest BCUT2D eigenvalue weighted by molar-refractivity contribution is 0.219. The number of likely N-dealkylation sites (N-methyl/N-ethyl adjacent to an activating group) is 2. The molecule has 0 saturated carbocycles. The molecule has 1 aromatic carbocycles. The average Bonchev–Trinajstić information content (AvgIpc) is 2.97. The smallest absolute Gasteiger partial charge is 0.191 e. The van der Waals surface area contributed by atoms with E-state index in [0.29, 0.717) is 0 Å². The Morgan fingerprint density at radius 3 is 2.60 bits per heavy atom. The van der Waals surface area contributed by atoms with Crippen molar-refractivity contribution in [2.45, 2.75) is 32.7 Å². The molecule has 30 heavy (non-hydrogen) atoms. The zero-order valence-corrected chi connectivity index (χ0v) is 20.1. The summed E-state index contributed by atoms with van der Waals surface area (Å²) in [6.45, 7) is 13.9. The first kappa shape index (κ1) is 24.9. The molecule has 0 spiro atoms. The highest BCUT2D eigenvalue weighted by Gasteiger charge is 2.20. The molecule has 0 amide bonds. The second-order valence-corrected chi connectivity index (χ2v) is 8.40. The van der Waals surface area contributed by atoms with Crippen LogP contribution in [0.5, 0.6) is 0 Å². The van der Waals surface area contributed by atoms with Crippen LogP contribution in [0.4, 0.5) is 0 Å². The molecule has 6 nitrogen and oxygen atoms in total. The monoisotopic (exact) mass is 436 g/mol. The summed E-state index contributed by atoms with van der Waals surface area (Å²) < 4.78 is 0.